The number of hydrogen-bond donors (Lipinski definition) is 1. The zero-order valence-corrected chi connectivity index (χ0v) is 16.2. The van der Waals surface area contributed by atoms with Crippen LogP contribution < -0.4 is 14.8 Å². The van der Waals surface area contributed by atoms with Gasteiger partial charge in [-0.2, -0.15) is 0 Å². The normalized spacial score (nSPS) is 11.6. The smallest absolute Gasteiger partial charge is 0.331 e. The fourth-order valence-corrected chi connectivity index (χ4v) is 2.30. The largest absolute Gasteiger partial charge is 0.493 e. The van der Waals surface area contributed by atoms with Crippen molar-refractivity contribution in [3.05, 3.63) is 72.6 Å². The molecular formula is C22H22FNO5. The number of amides is 1. The fourth-order valence-electron chi connectivity index (χ4n) is 2.30. The lowest BCUT2D eigenvalue weighted by Gasteiger charge is -2.12. The Morgan fingerprint density at radius 3 is 2.69 bits per heavy atom. The summed E-state index contributed by atoms with van der Waals surface area (Å²) in [5, 5.41) is 2.48. The van der Waals surface area contributed by atoms with E-state index in [0.29, 0.717) is 23.7 Å². The van der Waals surface area contributed by atoms with Crippen LogP contribution in [-0.2, 0) is 14.3 Å². The van der Waals surface area contributed by atoms with Crippen LogP contribution in [0.2, 0.25) is 0 Å². The second kappa shape index (κ2) is 10.7. The first-order chi connectivity index (χ1) is 13.9. The molecule has 152 valence electrons. The molecule has 2 aromatic carbocycles. The molecule has 2 rings (SSSR count). The third kappa shape index (κ3) is 6.80. The van der Waals surface area contributed by atoms with E-state index in [0.717, 1.165) is 0 Å². The van der Waals surface area contributed by atoms with E-state index in [4.69, 9.17) is 14.2 Å². The van der Waals surface area contributed by atoms with Gasteiger partial charge in [0.15, 0.2) is 17.6 Å². The lowest BCUT2D eigenvalue weighted by Crippen LogP contribution is -2.29. The molecule has 6 nitrogen and oxygen atoms in total. The standard InChI is InChI=1S/C22H22FNO5/c1-4-12-28-19-10-8-16(13-20(19)27-3)9-11-21(25)29-15(2)22(26)24-18-7-5-6-17(23)14-18/h4-11,13-15H,1,12H2,2-3H3,(H,24,26)/b11-9+/t15-/m0/s1. The molecule has 0 unspecified atom stereocenters. The fraction of sp³-hybridized carbons (Fsp3) is 0.182. The van der Waals surface area contributed by atoms with E-state index >= 15 is 0 Å². The van der Waals surface area contributed by atoms with Gasteiger partial charge in [0.25, 0.3) is 5.91 Å². The minimum atomic E-state index is -1.06. The van der Waals surface area contributed by atoms with Crippen LogP contribution in [0.15, 0.2) is 61.2 Å². The molecule has 0 fully saturated rings. The molecule has 1 amide bonds. The highest BCUT2D eigenvalue weighted by atomic mass is 19.1. The van der Waals surface area contributed by atoms with Crippen molar-refractivity contribution in [3.8, 4) is 11.5 Å². The van der Waals surface area contributed by atoms with Gasteiger partial charge in [0.05, 0.1) is 7.11 Å². The Morgan fingerprint density at radius 2 is 2.00 bits per heavy atom. The van der Waals surface area contributed by atoms with Crippen molar-refractivity contribution in [2.24, 2.45) is 0 Å². The molecular weight excluding hydrogens is 377 g/mol. The Morgan fingerprint density at radius 1 is 1.21 bits per heavy atom. The number of carbonyl (C=O) groups excluding carboxylic acids is 2. The Balaban J connectivity index is 1.94. The summed E-state index contributed by atoms with van der Waals surface area (Å²) in [5.41, 5.74) is 0.959. The van der Waals surface area contributed by atoms with Crippen LogP contribution in [0.3, 0.4) is 0 Å². The molecule has 0 saturated heterocycles. The summed E-state index contributed by atoms with van der Waals surface area (Å²) in [6.07, 6.45) is 3.29. The van der Waals surface area contributed by atoms with Gasteiger partial charge < -0.3 is 19.5 Å². The summed E-state index contributed by atoms with van der Waals surface area (Å²) in [6.45, 7) is 5.35. The number of anilines is 1. The summed E-state index contributed by atoms with van der Waals surface area (Å²) >= 11 is 0. The van der Waals surface area contributed by atoms with Gasteiger partial charge in [-0.1, -0.05) is 24.8 Å². The summed E-state index contributed by atoms with van der Waals surface area (Å²) in [4.78, 5) is 24.1. The second-order valence-electron chi connectivity index (χ2n) is 5.92. The molecule has 1 atom stereocenters. The Labute approximate surface area is 168 Å². The maximum atomic E-state index is 13.2. The highest BCUT2D eigenvalue weighted by molar-refractivity contribution is 5.96. The number of benzene rings is 2. The summed E-state index contributed by atoms with van der Waals surface area (Å²) in [7, 11) is 1.51. The van der Waals surface area contributed by atoms with Gasteiger partial charge in [-0.25, -0.2) is 9.18 Å². The molecule has 0 aliphatic rings. The number of nitrogens with one attached hydrogen (secondary N) is 1. The number of ether oxygens (including phenoxy) is 3. The van der Waals surface area contributed by atoms with Crippen LogP contribution >= 0.6 is 0 Å². The van der Waals surface area contributed by atoms with Crippen molar-refractivity contribution in [2.45, 2.75) is 13.0 Å². The van der Waals surface area contributed by atoms with Crippen molar-refractivity contribution in [1.29, 1.82) is 0 Å². The van der Waals surface area contributed by atoms with Crippen molar-refractivity contribution in [3.63, 3.8) is 0 Å². The quantitative estimate of drug-likeness (QED) is 0.392. The van der Waals surface area contributed by atoms with E-state index < -0.39 is 23.8 Å². The minimum Gasteiger partial charge on any atom is -0.493 e. The molecule has 7 heteroatoms. The van der Waals surface area contributed by atoms with Crippen molar-refractivity contribution >= 4 is 23.6 Å². The van der Waals surface area contributed by atoms with Gasteiger partial charge >= 0.3 is 5.97 Å². The number of hydrogen-bond acceptors (Lipinski definition) is 5. The topological polar surface area (TPSA) is 73.9 Å². The number of halogens is 1. The molecule has 0 aliphatic carbocycles. The molecule has 0 aromatic heterocycles. The molecule has 0 radical (unpaired) electrons. The van der Waals surface area contributed by atoms with E-state index in [1.807, 2.05) is 0 Å². The van der Waals surface area contributed by atoms with Crippen LogP contribution in [0.5, 0.6) is 11.5 Å². The molecule has 0 aliphatic heterocycles. The molecule has 0 bridgehead atoms. The number of rotatable bonds is 9. The lowest BCUT2D eigenvalue weighted by atomic mass is 10.2. The zero-order chi connectivity index (χ0) is 21.2. The Kier molecular flexibility index (Phi) is 7.97. The van der Waals surface area contributed by atoms with Crippen LogP contribution in [0, 0.1) is 5.82 Å². The van der Waals surface area contributed by atoms with E-state index in [2.05, 4.69) is 11.9 Å². The summed E-state index contributed by atoms with van der Waals surface area (Å²) in [5.74, 6) is -0.688. The third-order valence-electron chi connectivity index (χ3n) is 3.71. The number of methoxy groups -OCH3 is 1. The van der Waals surface area contributed by atoms with Gasteiger partial charge in [-0.05, 0) is 48.9 Å². The SMILES string of the molecule is C=CCOc1ccc(/C=C/C(=O)O[C@@H](C)C(=O)Nc2cccc(F)c2)cc1OC. The van der Waals surface area contributed by atoms with Crippen molar-refractivity contribution in [1.82, 2.24) is 0 Å². The van der Waals surface area contributed by atoms with Crippen LogP contribution in [0.25, 0.3) is 6.08 Å². The Bertz CT molecular complexity index is 910. The molecule has 0 heterocycles. The van der Waals surface area contributed by atoms with E-state index in [9.17, 15) is 14.0 Å². The van der Waals surface area contributed by atoms with E-state index in [1.165, 1.54) is 50.5 Å². The van der Waals surface area contributed by atoms with Crippen molar-refractivity contribution < 1.29 is 28.2 Å². The lowest BCUT2D eigenvalue weighted by molar-refractivity contribution is -0.148. The summed E-state index contributed by atoms with van der Waals surface area (Å²) in [6, 6.07) is 10.6. The predicted molar refractivity (Wildman–Crippen MR) is 108 cm³/mol. The van der Waals surface area contributed by atoms with E-state index in [1.54, 1.807) is 24.3 Å². The number of esters is 1. The first-order valence-electron chi connectivity index (χ1n) is 8.79. The minimum absolute atomic E-state index is 0.277. The Hall–Kier alpha value is -3.61. The van der Waals surface area contributed by atoms with E-state index in [-0.39, 0.29) is 5.69 Å². The van der Waals surface area contributed by atoms with Gasteiger partial charge in [0.1, 0.15) is 12.4 Å². The molecule has 0 spiro atoms. The zero-order valence-electron chi connectivity index (χ0n) is 16.2. The highest BCUT2D eigenvalue weighted by Crippen LogP contribution is 2.28. The van der Waals surface area contributed by atoms with Crippen molar-refractivity contribution in [2.75, 3.05) is 19.0 Å². The first kappa shape index (κ1) is 21.7. The second-order valence-corrected chi connectivity index (χ2v) is 5.92. The monoisotopic (exact) mass is 399 g/mol. The van der Waals surface area contributed by atoms with Crippen LogP contribution in [0.1, 0.15) is 12.5 Å². The molecule has 0 saturated carbocycles. The van der Waals surface area contributed by atoms with Gasteiger partial charge in [-0.3, -0.25) is 4.79 Å². The third-order valence-corrected chi connectivity index (χ3v) is 3.71. The van der Waals surface area contributed by atoms with Gasteiger partial charge in [-0.15, -0.1) is 0 Å². The first-order valence-corrected chi connectivity index (χ1v) is 8.79. The summed E-state index contributed by atoms with van der Waals surface area (Å²) < 4.78 is 29.0. The molecule has 2 aromatic rings. The van der Waals surface area contributed by atoms with Crippen LogP contribution in [0.4, 0.5) is 10.1 Å². The maximum Gasteiger partial charge on any atom is 0.331 e. The van der Waals surface area contributed by atoms with Gasteiger partial charge in [0, 0.05) is 11.8 Å². The highest BCUT2D eigenvalue weighted by Gasteiger charge is 2.17. The molecule has 29 heavy (non-hydrogen) atoms. The predicted octanol–water partition coefficient (Wildman–Crippen LogP) is 3.98. The average molecular weight is 399 g/mol. The van der Waals surface area contributed by atoms with Gasteiger partial charge in [0.2, 0.25) is 0 Å². The molecule has 1 N–H and O–H groups in total. The maximum absolute atomic E-state index is 13.2. The average Bonchev–Trinajstić information content (AvgIpc) is 2.70. The number of carbonyl (C=O) groups is 2. The van der Waals surface area contributed by atoms with Crippen LogP contribution in [-0.4, -0.2) is 31.7 Å².